The summed E-state index contributed by atoms with van der Waals surface area (Å²) in [5.74, 6) is 0. The minimum Gasteiger partial charge on any atom is -0.394 e. The molecule has 9 heteroatoms. The van der Waals surface area contributed by atoms with Crippen molar-refractivity contribution in [3.8, 4) is 0 Å². The first-order valence-corrected chi connectivity index (χ1v) is 6.09. The number of ether oxygens (including phenoxy) is 1. The number of aliphatic hydroxyl groups is 3. The highest BCUT2D eigenvalue weighted by Gasteiger charge is 2.47. The second-order valence-corrected chi connectivity index (χ2v) is 4.99. The lowest BCUT2D eigenvalue weighted by molar-refractivity contribution is -0.0661. The molecule has 1 saturated heterocycles. The van der Waals surface area contributed by atoms with E-state index in [-0.39, 0.29) is 0 Å². The maximum absolute atomic E-state index is 11.7. The number of hydrogen-bond acceptors (Lipinski definition) is 6. The van der Waals surface area contributed by atoms with Gasteiger partial charge in [0.15, 0.2) is 6.23 Å². The molecule has 0 aromatic heterocycles. The number of aliphatic hydroxyl groups excluding tert-OH is 3. The number of carbonyl (C=O) groups is 1. The maximum atomic E-state index is 11.7. The Morgan fingerprint density at radius 2 is 2.17 bits per heavy atom. The van der Waals surface area contributed by atoms with Crippen molar-refractivity contribution in [2.24, 2.45) is 5.73 Å². The smallest absolute Gasteiger partial charge is 0.325 e. The Labute approximate surface area is 111 Å². The molecule has 6 N–H and O–H groups in total. The predicted molar refractivity (Wildman–Crippen MR) is 63.1 cm³/mol. The van der Waals surface area contributed by atoms with Gasteiger partial charge in [-0.05, 0) is 0 Å². The summed E-state index contributed by atoms with van der Waals surface area (Å²) in [5.41, 5.74) is 5.58. The van der Waals surface area contributed by atoms with Crippen molar-refractivity contribution >= 4 is 22.0 Å². The second kappa shape index (κ2) is 5.11. The van der Waals surface area contributed by atoms with Crippen molar-refractivity contribution in [2.75, 3.05) is 6.61 Å². The second-order valence-electron chi connectivity index (χ2n) is 4.08. The number of nitrogens with zero attached hydrogens (tertiary/aromatic N) is 1. The highest BCUT2D eigenvalue weighted by molar-refractivity contribution is 9.11. The van der Waals surface area contributed by atoms with Crippen molar-refractivity contribution in [3.63, 3.8) is 0 Å². The fraction of sp³-hybridized carbons (Fsp3) is 0.667. The lowest BCUT2D eigenvalue weighted by atomic mass is 10.1. The Hall–Kier alpha value is -0.710. The van der Waals surface area contributed by atoms with E-state index >= 15 is 0 Å². The summed E-state index contributed by atoms with van der Waals surface area (Å²) < 4.78 is 5.74. The number of carbonyl (C=O) groups excluding carboxylic acids is 1. The molecule has 18 heavy (non-hydrogen) atoms. The summed E-state index contributed by atoms with van der Waals surface area (Å²) in [4.78, 5) is 12.8. The Kier molecular flexibility index (Phi) is 3.90. The minimum atomic E-state index is -1.31. The van der Waals surface area contributed by atoms with E-state index in [2.05, 4.69) is 21.2 Å². The van der Waals surface area contributed by atoms with Gasteiger partial charge >= 0.3 is 6.03 Å². The van der Waals surface area contributed by atoms with Gasteiger partial charge in [-0.25, -0.2) is 4.79 Å². The van der Waals surface area contributed by atoms with Crippen molar-refractivity contribution in [2.45, 2.75) is 30.7 Å². The molecule has 5 atom stereocenters. The largest absolute Gasteiger partial charge is 0.394 e. The van der Waals surface area contributed by atoms with Gasteiger partial charge in [-0.2, -0.15) is 0 Å². The molecular formula is C9H14BrN3O5. The van der Waals surface area contributed by atoms with Crippen LogP contribution in [0.3, 0.4) is 0 Å². The van der Waals surface area contributed by atoms with Gasteiger partial charge in [0, 0.05) is 10.7 Å². The van der Waals surface area contributed by atoms with Gasteiger partial charge in [-0.1, -0.05) is 15.9 Å². The summed E-state index contributed by atoms with van der Waals surface area (Å²) in [6.45, 7) is -0.450. The van der Waals surface area contributed by atoms with E-state index in [0.717, 1.165) is 4.90 Å². The van der Waals surface area contributed by atoms with Crippen molar-refractivity contribution in [1.29, 1.82) is 0 Å². The van der Waals surface area contributed by atoms with Crippen LogP contribution in [0.5, 0.6) is 0 Å². The molecule has 2 aliphatic rings. The molecule has 0 aliphatic carbocycles. The number of hydrogen-bond donors (Lipinski definition) is 5. The van der Waals surface area contributed by atoms with Crippen LogP contribution < -0.4 is 11.1 Å². The molecule has 102 valence electrons. The third kappa shape index (κ3) is 2.25. The van der Waals surface area contributed by atoms with Gasteiger partial charge in [0.25, 0.3) is 0 Å². The van der Waals surface area contributed by atoms with E-state index in [1.165, 1.54) is 6.20 Å². The average Bonchev–Trinajstić information content (AvgIpc) is 2.61. The number of nitrogens with two attached hydrogens (primary N) is 1. The number of nitrogens with one attached hydrogen (secondary N) is 1. The van der Waals surface area contributed by atoms with Gasteiger partial charge in [-0.3, -0.25) is 4.90 Å². The topological polar surface area (TPSA) is 128 Å². The van der Waals surface area contributed by atoms with Crippen LogP contribution >= 0.6 is 15.9 Å². The summed E-state index contributed by atoms with van der Waals surface area (Å²) in [6, 6.07) is -0.555. The van der Waals surface area contributed by atoms with Crippen LogP contribution in [-0.4, -0.2) is 63.6 Å². The van der Waals surface area contributed by atoms with Crippen LogP contribution in [0.1, 0.15) is 0 Å². The summed E-state index contributed by atoms with van der Waals surface area (Å²) >= 11 is 3.17. The standard InChI is InChI=1S/C9H14BrN3O5/c10-3-1-13(9(17)12-7(3)11)8-6(16)5(15)4(2-14)18-8/h1,4-8,14-16H,2,11H2,(H,12,17). The first-order chi connectivity index (χ1) is 8.45. The molecule has 2 rings (SSSR count). The van der Waals surface area contributed by atoms with E-state index in [0.29, 0.717) is 4.48 Å². The molecule has 0 spiro atoms. The molecule has 2 amide bonds. The number of rotatable bonds is 2. The van der Waals surface area contributed by atoms with E-state index in [1.807, 2.05) is 0 Å². The number of urea groups is 1. The van der Waals surface area contributed by atoms with Gasteiger partial charge in [0.05, 0.1) is 6.61 Å². The molecule has 0 radical (unpaired) electrons. The molecule has 1 fully saturated rings. The molecule has 0 saturated carbocycles. The molecule has 2 heterocycles. The van der Waals surface area contributed by atoms with Gasteiger partial charge < -0.3 is 31.1 Å². The Balaban J connectivity index is 2.19. The summed E-state index contributed by atoms with van der Waals surface area (Å²) in [7, 11) is 0. The zero-order valence-electron chi connectivity index (χ0n) is 9.23. The highest BCUT2D eigenvalue weighted by Crippen LogP contribution is 2.27. The fourth-order valence-electron chi connectivity index (χ4n) is 1.85. The first kappa shape index (κ1) is 13.7. The lowest BCUT2D eigenvalue weighted by Gasteiger charge is -2.32. The molecular weight excluding hydrogens is 310 g/mol. The molecule has 2 aliphatic heterocycles. The zero-order chi connectivity index (χ0) is 13.4. The summed E-state index contributed by atoms with van der Waals surface area (Å²) in [6.07, 6.45) is -3.85. The highest BCUT2D eigenvalue weighted by atomic mass is 79.9. The van der Waals surface area contributed by atoms with Crippen LogP contribution in [0, 0.1) is 0 Å². The normalized spacial score (nSPS) is 40.7. The molecule has 0 bridgehead atoms. The fourth-order valence-corrected chi connectivity index (χ4v) is 2.18. The van der Waals surface area contributed by atoms with Crippen molar-refractivity contribution in [3.05, 3.63) is 10.7 Å². The van der Waals surface area contributed by atoms with Gasteiger partial charge in [0.1, 0.15) is 24.5 Å². The maximum Gasteiger partial charge on any atom is 0.325 e. The first-order valence-electron chi connectivity index (χ1n) is 5.29. The third-order valence-electron chi connectivity index (χ3n) is 2.86. The van der Waals surface area contributed by atoms with Crippen LogP contribution in [0.15, 0.2) is 10.7 Å². The van der Waals surface area contributed by atoms with Crippen LogP contribution in [0.2, 0.25) is 0 Å². The van der Waals surface area contributed by atoms with Crippen molar-refractivity contribution < 1.29 is 24.9 Å². The van der Waals surface area contributed by atoms with E-state index in [4.69, 9.17) is 15.6 Å². The molecule has 8 nitrogen and oxygen atoms in total. The molecule has 5 unspecified atom stereocenters. The third-order valence-corrected chi connectivity index (χ3v) is 3.56. The number of halogens is 1. The Bertz CT molecular complexity index is 379. The van der Waals surface area contributed by atoms with Gasteiger partial charge in [-0.15, -0.1) is 0 Å². The minimum absolute atomic E-state index is 0.450. The number of amides is 2. The van der Waals surface area contributed by atoms with E-state index in [9.17, 15) is 15.0 Å². The lowest BCUT2D eigenvalue weighted by Crippen LogP contribution is -2.56. The van der Waals surface area contributed by atoms with Crippen LogP contribution in [0.4, 0.5) is 4.79 Å². The quantitative estimate of drug-likeness (QED) is 0.399. The zero-order valence-corrected chi connectivity index (χ0v) is 10.8. The monoisotopic (exact) mass is 323 g/mol. The van der Waals surface area contributed by atoms with Crippen molar-refractivity contribution in [1.82, 2.24) is 10.2 Å². The molecule has 0 aromatic rings. The summed E-state index contributed by atoms with van der Waals surface area (Å²) in [5, 5.41) is 30.8. The van der Waals surface area contributed by atoms with E-state index in [1.54, 1.807) is 0 Å². The van der Waals surface area contributed by atoms with E-state index < -0.39 is 43.3 Å². The average molecular weight is 324 g/mol. The SMILES string of the molecule is NC1NC(=O)N(C2OC(CO)C(O)C2O)C=C1Br. The van der Waals surface area contributed by atoms with Crippen LogP contribution in [-0.2, 0) is 4.74 Å². The molecule has 0 aromatic carbocycles. The Morgan fingerprint density at radius 3 is 2.72 bits per heavy atom. The van der Waals surface area contributed by atoms with Crippen LogP contribution in [0.25, 0.3) is 0 Å². The van der Waals surface area contributed by atoms with Gasteiger partial charge in [0.2, 0.25) is 0 Å². The Morgan fingerprint density at radius 1 is 1.50 bits per heavy atom. The predicted octanol–water partition coefficient (Wildman–Crippen LogP) is -2.03.